The van der Waals surface area contributed by atoms with Crippen LogP contribution in [0.1, 0.15) is 5.56 Å². The summed E-state index contributed by atoms with van der Waals surface area (Å²) in [5.74, 6) is 0.0528. The number of rotatable bonds is 6. The van der Waals surface area contributed by atoms with E-state index >= 15 is 0 Å². The number of carbonyl (C=O) groups excluding carboxylic acids is 1. The summed E-state index contributed by atoms with van der Waals surface area (Å²) < 4.78 is 13.9. The number of halogens is 1. The molecule has 5 heterocycles. The molecule has 0 aliphatic carbocycles. The Balaban J connectivity index is 1.21. The van der Waals surface area contributed by atoms with E-state index in [9.17, 15) is 9.18 Å². The van der Waals surface area contributed by atoms with E-state index in [2.05, 4.69) is 35.5 Å². The van der Waals surface area contributed by atoms with Crippen LogP contribution in [0.25, 0.3) is 56.0 Å². The Hall–Kier alpha value is -5.77. The zero-order valence-electron chi connectivity index (χ0n) is 21.5. The van der Waals surface area contributed by atoms with Crippen molar-refractivity contribution >= 4 is 33.7 Å². The highest BCUT2D eigenvalue weighted by Crippen LogP contribution is 2.32. The van der Waals surface area contributed by atoms with E-state index in [1.165, 1.54) is 12.1 Å². The lowest BCUT2D eigenvalue weighted by Gasteiger charge is -2.07. The molecule has 0 atom stereocenters. The number of nitrogens with one attached hydrogen (secondary N) is 3. The SMILES string of the molecule is O=C(Cc1ccccc1)Nc1cncc(-c2cnc3[nH]nc(-c4nc5c(-c6cccc(F)c6)nccc5[nH]4)c3c2)c1. The van der Waals surface area contributed by atoms with Crippen molar-refractivity contribution in [1.29, 1.82) is 0 Å². The second kappa shape index (κ2) is 10.1. The maximum atomic E-state index is 13.9. The van der Waals surface area contributed by atoms with Gasteiger partial charge in [-0.15, -0.1) is 0 Å². The van der Waals surface area contributed by atoms with Gasteiger partial charge in [0.15, 0.2) is 11.5 Å². The van der Waals surface area contributed by atoms with E-state index in [0.717, 1.165) is 27.6 Å². The normalized spacial score (nSPS) is 11.2. The quantitative estimate of drug-likeness (QED) is 0.240. The van der Waals surface area contributed by atoms with E-state index in [0.29, 0.717) is 39.6 Å². The Morgan fingerprint density at radius 3 is 2.61 bits per heavy atom. The zero-order valence-corrected chi connectivity index (χ0v) is 21.5. The van der Waals surface area contributed by atoms with Crippen LogP contribution in [0.2, 0.25) is 0 Å². The van der Waals surface area contributed by atoms with Gasteiger partial charge in [-0.2, -0.15) is 5.10 Å². The third kappa shape index (κ3) is 4.78. The van der Waals surface area contributed by atoms with Gasteiger partial charge in [0.05, 0.1) is 34.9 Å². The Labute approximate surface area is 232 Å². The van der Waals surface area contributed by atoms with Crippen molar-refractivity contribution in [1.82, 2.24) is 35.1 Å². The fourth-order valence-corrected chi connectivity index (χ4v) is 4.79. The summed E-state index contributed by atoms with van der Waals surface area (Å²) in [6, 6.07) is 21.5. The Bertz CT molecular complexity index is 2050. The second-order valence-corrected chi connectivity index (χ2v) is 9.52. The minimum Gasteiger partial charge on any atom is -0.336 e. The van der Waals surface area contributed by atoms with Crippen LogP contribution in [-0.2, 0) is 11.2 Å². The van der Waals surface area contributed by atoms with E-state index < -0.39 is 0 Å². The Morgan fingerprint density at radius 1 is 0.854 bits per heavy atom. The van der Waals surface area contributed by atoms with Crippen LogP contribution in [0.4, 0.5) is 10.1 Å². The molecule has 1 amide bonds. The summed E-state index contributed by atoms with van der Waals surface area (Å²) in [6.07, 6.45) is 6.98. The number of hydrogen-bond acceptors (Lipinski definition) is 6. The number of aromatic amines is 2. The summed E-state index contributed by atoms with van der Waals surface area (Å²) >= 11 is 0. The van der Waals surface area contributed by atoms with Gasteiger partial charge in [0.25, 0.3) is 0 Å². The van der Waals surface area contributed by atoms with Gasteiger partial charge < -0.3 is 10.3 Å². The number of pyridine rings is 3. The molecule has 0 spiro atoms. The highest BCUT2D eigenvalue weighted by Gasteiger charge is 2.17. The number of carbonyl (C=O) groups is 1. The summed E-state index contributed by atoms with van der Waals surface area (Å²) in [5, 5.41) is 11.1. The predicted molar refractivity (Wildman–Crippen MR) is 154 cm³/mol. The first-order valence-electron chi connectivity index (χ1n) is 12.8. The van der Waals surface area contributed by atoms with Crippen LogP contribution in [0, 0.1) is 5.82 Å². The van der Waals surface area contributed by atoms with E-state index in [1.807, 2.05) is 48.5 Å². The number of aromatic nitrogens is 7. The van der Waals surface area contributed by atoms with E-state index in [1.54, 1.807) is 36.9 Å². The lowest BCUT2D eigenvalue weighted by Crippen LogP contribution is -2.14. The van der Waals surface area contributed by atoms with Gasteiger partial charge >= 0.3 is 0 Å². The van der Waals surface area contributed by atoms with Gasteiger partial charge in [-0.3, -0.25) is 19.9 Å². The number of amides is 1. The zero-order chi connectivity index (χ0) is 27.8. The van der Waals surface area contributed by atoms with Gasteiger partial charge in [0.1, 0.15) is 17.0 Å². The molecule has 7 aromatic rings. The molecule has 3 N–H and O–H groups in total. The van der Waals surface area contributed by atoms with Crippen molar-refractivity contribution in [3.05, 3.63) is 109 Å². The molecule has 0 aliphatic rings. The van der Waals surface area contributed by atoms with Gasteiger partial charge in [-0.05, 0) is 35.9 Å². The van der Waals surface area contributed by atoms with Crippen LogP contribution in [-0.4, -0.2) is 41.0 Å². The first kappa shape index (κ1) is 24.3. The molecule has 0 saturated heterocycles. The average Bonchev–Trinajstić information content (AvgIpc) is 3.61. The number of benzene rings is 2. The second-order valence-electron chi connectivity index (χ2n) is 9.52. The predicted octanol–water partition coefficient (Wildman–Crippen LogP) is 5.95. The molecule has 0 fully saturated rings. The first-order chi connectivity index (χ1) is 20.1. The molecule has 5 aromatic heterocycles. The first-order valence-corrected chi connectivity index (χ1v) is 12.8. The van der Waals surface area contributed by atoms with Gasteiger partial charge in [-0.1, -0.05) is 42.5 Å². The lowest BCUT2D eigenvalue weighted by atomic mass is 10.1. The molecule has 10 heteroatoms. The number of fused-ring (bicyclic) bond motifs is 2. The molecule has 7 rings (SSSR count). The molecule has 0 bridgehead atoms. The average molecular weight is 541 g/mol. The maximum Gasteiger partial charge on any atom is 0.228 e. The van der Waals surface area contributed by atoms with Gasteiger partial charge in [0.2, 0.25) is 5.91 Å². The van der Waals surface area contributed by atoms with Crippen LogP contribution in [0.5, 0.6) is 0 Å². The van der Waals surface area contributed by atoms with Crippen molar-refractivity contribution in [3.8, 4) is 33.9 Å². The highest BCUT2D eigenvalue weighted by molar-refractivity contribution is 5.97. The number of anilines is 1. The number of hydrogen-bond donors (Lipinski definition) is 3. The molecular formula is C31H21FN8O. The number of H-pyrrole nitrogens is 2. The van der Waals surface area contributed by atoms with Gasteiger partial charge in [-0.25, -0.2) is 14.4 Å². The van der Waals surface area contributed by atoms with Crippen LogP contribution < -0.4 is 5.32 Å². The molecular weight excluding hydrogens is 519 g/mol. The smallest absolute Gasteiger partial charge is 0.228 e. The topological polar surface area (TPSA) is 125 Å². The third-order valence-corrected chi connectivity index (χ3v) is 6.70. The number of imidazole rings is 1. The largest absolute Gasteiger partial charge is 0.336 e. The molecule has 198 valence electrons. The highest BCUT2D eigenvalue weighted by atomic mass is 19.1. The molecule has 0 aliphatic heterocycles. The fraction of sp³-hybridized carbons (Fsp3) is 0.0323. The van der Waals surface area contributed by atoms with E-state index in [4.69, 9.17) is 4.98 Å². The van der Waals surface area contributed by atoms with Crippen molar-refractivity contribution in [2.45, 2.75) is 6.42 Å². The lowest BCUT2D eigenvalue weighted by molar-refractivity contribution is -0.115. The van der Waals surface area contributed by atoms with E-state index in [-0.39, 0.29) is 18.1 Å². The van der Waals surface area contributed by atoms with Crippen molar-refractivity contribution < 1.29 is 9.18 Å². The maximum absolute atomic E-state index is 13.9. The van der Waals surface area contributed by atoms with Gasteiger partial charge in [0, 0.05) is 35.3 Å². The fourth-order valence-electron chi connectivity index (χ4n) is 4.79. The molecule has 0 radical (unpaired) electrons. The summed E-state index contributed by atoms with van der Waals surface area (Å²) in [5.41, 5.74) is 6.83. The summed E-state index contributed by atoms with van der Waals surface area (Å²) in [7, 11) is 0. The Morgan fingerprint density at radius 2 is 1.73 bits per heavy atom. The number of nitrogens with zero attached hydrogens (tertiary/aromatic N) is 5. The molecule has 9 nitrogen and oxygen atoms in total. The van der Waals surface area contributed by atoms with Crippen LogP contribution >= 0.6 is 0 Å². The monoisotopic (exact) mass is 540 g/mol. The minimum absolute atomic E-state index is 0.127. The Kier molecular flexibility index (Phi) is 5.97. The molecule has 2 aromatic carbocycles. The molecule has 0 unspecified atom stereocenters. The molecule has 0 saturated carbocycles. The summed E-state index contributed by atoms with van der Waals surface area (Å²) in [6.45, 7) is 0. The van der Waals surface area contributed by atoms with Crippen molar-refractivity contribution in [2.24, 2.45) is 0 Å². The van der Waals surface area contributed by atoms with Crippen LogP contribution in [0.15, 0.2) is 97.6 Å². The molecule has 41 heavy (non-hydrogen) atoms. The third-order valence-electron chi connectivity index (χ3n) is 6.70. The van der Waals surface area contributed by atoms with Crippen molar-refractivity contribution in [3.63, 3.8) is 0 Å². The van der Waals surface area contributed by atoms with Crippen molar-refractivity contribution in [2.75, 3.05) is 5.32 Å². The van der Waals surface area contributed by atoms with Crippen LogP contribution in [0.3, 0.4) is 0 Å². The summed E-state index contributed by atoms with van der Waals surface area (Å²) in [4.78, 5) is 34.0. The minimum atomic E-state index is -0.344. The standard InChI is InChI=1S/C31H21FN8O/c32-22-8-4-7-19(12-22)27-29-25(9-10-34-27)37-31(38-29)28-24-14-21(16-35-30(24)40-39-28)20-13-23(17-33-15-20)36-26(41)11-18-5-2-1-3-6-18/h1-10,12-17H,11H2,(H,36,41)(H,37,38)(H,35,39,40).